The highest BCUT2D eigenvalue weighted by molar-refractivity contribution is 7.89. The number of methoxy groups -OCH3 is 1. The molecule has 0 radical (unpaired) electrons. The first kappa shape index (κ1) is 34.6. The molecule has 1 fully saturated rings. The summed E-state index contributed by atoms with van der Waals surface area (Å²) in [6.45, 7) is 1.35. The highest BCUT2D eigenvalue weighted by Gasteiger charge is 2.32. The average Bonchev–Trinajstić information content (AvgIpc) is 3.29. The largest absolute Gasteiger partial charge is 0.482 e. The molecule has 0 amide bonds. The van der Waals surface area contributed by atoms with Gasteiger partial charge in [-0.05, 0) is 42.0 Å². The van der Waals surface area contributed by atoms with E-state index in [0.29, 0.717) is 16.7 Å². The minimum atomic E-state index is -4.69. The van der Waals surface area contributed by atoms with Crippen molar-refractivity contribution in [3.8, 4) is 17.6 Å². The van der Waals surface area contributed by atoms with Crippen molar-refractivity contribution < 1.29 is 44.2 Å². The number of alkyl halides is 6. The van der Waals surface area contributed by atoms with Gasteiger partial charge in [0.2, 0.25) is 10.0 Å². The third-order valence-corrected chi connectivity index (χ3v) is 9.10. The Hall–Kier alpha value is -3.23. The van der Waals surface area contributed by atoms with Gasteiger partial charge in [0.05, 0.1) is 45.4 Å². The van der Waals surface area contributed by atoms with Crippen molar-refractivity contribution in [2.75, 3.05) is 57.1 Å². The second-order valence-electron chi connectivity index (χ2n) is 10.4. The molecule has 1 aliphatic heterocycles. The Kier molecular flexibility index (Phi) is 11.1. The van der Waals surface area contributed by atoms with Gasteiger partial charge in [0.1, 0.15) is 5.75 Å². The van der Waals surface area contributed by atoms with E-state index in [9.17, 15) is 34.8 Å². The summed E-state index contributed by atoms with van der Waals surface area (Å²) in [6.07, 6.45) is -8.63. The van der Waals surface area contributed by atoms with Crippen molar-refractivity contribution in [1.82, 2.24) is 4.90 Å². The number of halogens is 6. The minimum absolute atomic E-state index is 0.00689. The maximum Gasteiger partial charge on any atom is 0.422 e. The standard InChI is InChI=1S/C29H32F6N4O4S2/c1-42-15-14-39-12-9-19(10-13-39)38-24-5-2-4-21-22(17-28(30,31)32)26(44-27(21)24)6-3-11-37-23-8-7-20(45(36,40)41)16-25(23)43-18-29(33,34)35/h2,4-5,7-8,16,19,37-38H,9-15,17-18H2,1H3,(H2,36,40,41). The van der Waals surface area contributed by atoms with Gasteiger partial charge in [-0.2, -0.15) is 26.3 Å². The van der Waals surface area contributed by atoms with Gasteiger partial charge in [0.25, 0.3) is 0 Å². The Labute approximate surface area is 260 Å². The van der Waals surface area contributed by atoms with Crippen molar-refractivity contribution in [2.24, 2.45) is 5.14 Å². The molecule has 0 unspecified atom stereocenters. The van der Waals surface area contributed by atoms with Crippen molar-refractivity contribution >= 4 is 42.8 Å². The molecule has 0 atom stereocenters. The van der Waals surface area contributed by atoms with Crippen LogP contribution in [0.3, 0.4) is 0 Å². The molecule has 45 heavy (non-hydrogen) atoms. The summed E-state index contributed by atoms with van der Waals surface area (Å²) in [4.78, 5) is 2.06. The Morgan fingerprint density at radius 2 is 1.80 bits per heavy atom. The number of anilines is 2. The van der Waals surface area contributed by atoms with E-state index >= 15 is 0 Å². The fourth-order valence-electron chi connectivity index (χ4n) is 4.87. The fourth-order valence-corrected chi connectivity index (χ4v) is 6.57. The van der Waals surface area contributed by atoms with Gasteiger partial charge in [0, 0.05) is 38.9 Å². The molecular weight excluding hydrogens is 646 g/mol. The molecule has 0 bridgehead atoms. The quantitative estimate of drug-likeness (QED) is 0.180. The highest BCUT2D eigenvalue weighted by Crippen LogP contribution is 2.39. The van der Waals surface area contributed by atoms with Gasteiger partial charge >= 0.3 is 12.4 Å². The van der Waals surface area contributed by atoms with Gasteiger partial charge in [0.15, 0.2) is 6.61 Å². The lowest BCUT2D eigenvalue weighted by molar-refractivity contribution is -0.153. The maximum atomic E-state index is 13.6. The lowest BCUT2D eigenvalue weighted by atomic mass is 10.0. The van der Waals surface area contributed by atoms with Crippen LogP contribution < -0.4 is 20.5 Å². The summed E-state index contributed by atoms with van der Waals surface area (Å²) < 4.78 is 113. The molecule has 0 aliphatic carbocycles. The van der Waals surface area contributed by atoms with Gasteiger partial charge in [-0.25, -0.2) is 13.6 Å². The number of nitrogens with zero attached hydrogens (tertiary/aromatic N) is 1. The van der Waals surface area contributed by atoms with E-state index in [1.54, 1.807) is 19.2 Å². The van der Waals surface area contributed by atoms with E-state index in [4.69, 9.17) is 14.6 Å². The highest BCUT2D eigenvalue weighted by atomic mass is 32.2. The van der Waals surface area contributed by atoms with Crippen molar-refractivity contribution in [3.63, 3.8) is 0 Å². The summed E-state index contributed by atoms with van der Waals surface area (Å²) in [5.74, 6) is 5.09. The van der Waals surface area contributed by atoms with Crippen molar-refractivity contribution in [3.05, 3.63) is 46.8 Å². The zero-order valence-corrected chi connectivity index (χ0v) is 25.8. The molecule has 4 N–H and O–H groups in total. The van der Waals surface area contributed by atoms with E-state index in [1.807, 2.05) is 6.07 Å². The molecule has 1 aromatic heterocycles. The van der Waals surface area contributed by atoms with Crippen LogP contribution in [0.4, 0.5) is 37.7 Å². The molecule has 8 nitrogen and oxygen atoms in total. The van der Waals surface area contributed by atoms with E-state index < -0.39 is 46.0 Å². The second-order valence-corrected chi connectivity index (χ2v) is 13.0. The molecule has 16 heteroatoms. The summed E-state index contributed by atoms with van der Waals surface area (Å²) in [5, 5.41) is 11.8. The Morgan fingerprint density at radius 3 is 2.44 bits per heavy atom. The maximum absolute atomic E-state index is 13.6. The topological polar surface area (TPSA) is 106 Å². The zero-order valence-electron chi connectivity index (χ0n) is 24.1. The summed E-state index contributed by atoms with van der Waals surface area (Å²) >= 11 is 1.14. The van der Waals surface area contributed by atoms with Gasteiger partial charge in [-0.3, -0.25) is 0 Å². The van der Waals surface area contributed by atoms with Crippen LogP contribution in [-0.4, -0.2) is 78.2 Å². The normalized spacial score (nSPS) is 15.1. The van der Waals surface area contributed by atoms with E-state index in [0.717, 1.165) is 61.6 Å². The predicted octanol–water partition coefficient (Wildman–Crippen LogP) is 5.58. The predicted molar refractivity (Wildman–Crippen MR) is 161 cm³/mol. The number of hydrogen-bond acceptors (Lipinski definition) is 8. The Balaban J connectivity index is 1.55. The third kappa shape index (κ3) is 10.1. The first-order chi connectivity index (χ1) is 21.1. The number of hydrogen-bond donors (Lipinski definition) is 3. The summed E-state index contributed by atoms with van der Waals surface area (Å²) in [5.41, 5.74) is 0.760. The van der Waals surface area contributed by atoms with Gasteiger partial charge in [-0.15, -0.1) is 11.3 Å². The van der Waals surface area contributed by atoms with Gasteiger partial charge in [-0.1, -0.05) is 24.0 Å². The fraction of sp³-hybridized carbons (Fsp3) is 0.448. The van der Waals surface area contributed by atoms with Crippen LogP contribution in [0.2, 0.25) is 0 Å². The third-order valence-electron chi connectivity index (χ3n) is 7.00. The molecule has 4 rings (SSSR count). The first-order valence-corrected chi connectivity index (χ1v) is 16.2. The van der Waals surface area contributed by atoms with Gasteiger partial charge < -0.3 is 25.0 Å². The lowest BCUT2D eigenvalue weighted by Crippen LogP contribution is -2.40. The lowest BCUT2D eigenvalue weighted by Gasteiger charge is -2.32. The molecule has 1 saturated heterocycles. The number of piperidine rings is 1. The number of primary sulfonamides is 1. The first-order valence-electron chi connectivity index (χ1n) is 13.8. The SMILES string of the molecule is COCCN1CCC(Nc2cccc3c(CC(F)(F)F)c(C#CCNc4ccc(S(N)(=O)=O)cc4OCC(F)(F)F)sc23)CC1. The summed E-state index contributed by atoms with van der Waals surface area (Å²) in [6, 6.07) is 8.42. The van der Waals surface area contributed by atoms with E-state index in [1.165, 1.54) is 6.07 Å². The number of rotatable bonds is 11. The molecule has 0 spiro atoms. The van der Waals surface area contributed by atoms with Crippen LogP contribution in [0, 0.1) is 11.8 Å². The number of ether oxygens (including phenoxy) is 2. The van der Waals surface area contributed by atoms with Crippen molar-refractivity contribution in [2.45, 2.75) is 42.6 Å². The molecule has 0 saturated carbocycles. The number of nitrogens with two attached hydrogens (primary N) is 1. The minimum Gasteiger partial charge on any atom is -0.482 e. The molecule has 2 aromatic carbocycles. The number of thiophene rings is 1. The number of benzene rings is 2. The van der Waals surface area contributed by atoms with Crippen LogP contribution >= 0.6 is 11.3 Å². The molecule has 1 aliphatic rings. The van der Waals surface area contributed by atoms with Crippen LogP contribution in [0.25, 0.3) is 10.1 Å². The number of likely N-dealkylation sites (tertiary alicyclic amines) is 1. The number of nitrogens with one attached hydrogen (secondary N) is 2. The summed E-state index contributed by atoms with van der Waals surface area (Å²) in [7, 11) is -2.57. The van der Waals surface area contributed by atoms with E-state index in [-0.39, 0.29) is 28.7 Å². The van der Waals surface area contributed by atoms with E-state index in [2.05, 4.69) is 27.4 Å². The Morgan fingerprint density at radius 1 is 1.07 bits per heavy atom. The zero-order chi connectivity index (χ0) is 32.8. The molecule has 3 aromatic rings. The van der Waals surface area contributed by atoms with Crippen LogP contribution in [-0.2, 0) is 21.2 Å². The van der Waals surface area contributed by atoms with Crippen LogP contribution in [0.1, 0.15) is 23.3 Å². The Bertz CT molecular complexity index is 1640. The van der Waals surface area contributed by atoms with Crippen LogP contribution in [0.15, 0.2) is 41.3 Å². The number of fused-ring (bicyclic) bond motifs is 1. The molecule has 246 valence electrons. The van der Waals surface area contributed by atoms with Crippen LogP contribution in [0.5, 0.6) is 5.75 Å². The number of sulfonamides is 1. The molecule has 2 heterocycles. The smallest absolute Gasteiger partial charge is 0.422 e. The second kappa shape index (κ2) is 14.5. The average molecular weight is 679 g/mol. The van der Waals surface area contributed by atoms with Crippen molar-refractivity contribution in [1.29, 1.82) is 0 Å². The molecular formula is C29H32F6N4O4S2. The monoisotopic (exact) mass is 678 g/mol.